The van der Waals surface area contributed by atoms with Crippen LogP contribution in [0.4, 0.5) is 0 Å². The zero-order valence-corrected chi connectivity index (χ0v) is 27.2. The molecule has 0 aromatic heterocycles. The molecule has 0 heterocycles. The standard InChI is InChI=1S/C36H70O4/c1-3-5-7-9-10-11-12-13-14-15-16-17-18-19-20-25-29-33-36(39)40-34(30-26-22-8-6-4-2)31-27-23-21-24-28-32-35(37)38/h34H,3-33H2,1-2H3,(H,37,38). The van der Waals surface area contributed by atoms with Gasteiger partial charge in [0, 0.05) is 12.8 Å². The van der Waals surface area contributed by atoms with Gasteiger partial charge in [0.2, 0.25) is 0 Å². The molecule has 1 N–H and O–H groups in total. The topological polar surface area (TPSA) is 63.6 Å². The Morgan fingerprint density at radius 3 is 1.10 bits per heavy atom. The highest BCUT2D eigenvalue weighted by molar-refractivity contribution is 5.69. The summed E-state index contributed by atoms with van der Waals surface area (Å²) in [6.45, 7) is 4.52. The van der Waals surface area contributed by atoms with E-state index in [0.717, 1.165) is 64.2 Å². The van der Waals surface area contributed by atoms with Gasteiger partial charge >= 0.3 is 11.9 Å². The van der Waals surface area contributed by atoms with E-state index in [1.165, 1.54) is 122 Å². The molecule has 0 fully saturated rings. The fraction of sp³-hybridized carbons (Fsp3) is 0.944. The first kappa shape index (κ1) is 38.9. The Morgan fingerprint density at radius 1 is 0.450 bits per heavy atom. The van der Waals surface area contributed by atoms with Crippen LogP contribution in [0.15, 0.2) is 0 Å². The lowest BCUT2D eigenvalue weighted by molar-refractivity contribution is -0.150. The molecular weight excluding hydrogens is 496 g/mol. The van der Waals surface area contributed by atoms with Crippen molar-refractivity contribution in [3.8, 4) is 0 Å². The van der Waals surface area contributed by atoms with E-state index in [2.05, 4.69) is 13.8 Å². The summed E-state index contributed by atoms with van der Waals surface area (Å²) in [6, 6.07) is 0. The number of aliphatic carboxylic acids is 1. The SMILES string of the molecule is CCCCCCCCCCCCCCCCCCCC(=O)OC(CCCCCCC)CCCCCCCC(=O)O. The van der Waals surface area contributed by atoms with Crippen molar-refractivity contribution in [2.45, 2.75) is 219 Å². The molecule has 0 spiro atoms. The number of unbranched alkanes of at least 4 members (excludes halogenated alkanes) is 24. The molecule has 4 heteroatoms. The zero-order valence-electron chi connectivity index (χ0n) is 27.2. The molecule has 0 bridgehead atoms. The molecule has 4 nitrogen and oxygen atoms in total. The van der Waals surface area contributed by atoms with E-state index >= 15 is 0 Å². The zero-order chi connectivity index (χ0) is 29.4. The summed E-state index contributed by atoms with van der Waals surface area (Å²) in [4.78, 5) is 23.1. The van der Waals surface area contributed by atoms with E-state index in [0.29, 0.717) is 6.42 Å². The lowest BCUT2D eigenvalue weighted by Gasteiger charge is -2.18. The number of esters is 1. The van der Waals surface area contributed by atoms with Gasteiger partial charge in [0.25, 0.3) is 0 Å². The monoisotopic (exact) mass is 567 g/mol. The Kier molecular flexibility index (Phi) is 31.6. The molecule has 0 aliphatic carbocycles. The summed E-state index contributed by atoms with van der Waals surface area (Å²) in [7, 11) is 0. The first-order valence-corrected chi connectivity index (χ1v) is 18.0. The van der Waals surface area contributed by atoms with E-state index in [1.54, 1.807) is 0 Å². The van der Waals surface area contributed by atoms with E-state index in [9.17, 15) is 9.59 Å². The van der Waals surface area contributed by atoms with Crippen LogP contribution in [-0.4, -0.2) is 23.1 Å². The second-order valence-corrected chi connectivity index (χ2v) is 12.4. The van der Waals surface area contributed by atoms with E-state index in [1.807, 2.05) is 0 Å². The van der Waals surface area contributed by atoms with Gasteiger partial charge in [0.1, 0.15) is 6.10 Å². The van der Waals surface area contributed by atoms with Gasteiger partial charge in [-0.1, -0.05) is 162 Å². The molecule has 0 aromatic rings. The third-order valence-corrected chi connectivity index (χ3v) is 8.33. The van der Waals surface area contributed by atoms with Crippen molar-refractivity contribution in [2.75, 3.05) is 0 Å². The lowest BCUT2D eigenvalue weighted by atomic mass is 10.0. The number of carboxylic acid groups (broad SMARTS) is 1. The molecule has 1 unspecified atom stereocenters. The Bertz CT molecular complexity index is 533. The largest absolute Gasteiger partial charge is 0.481 e. The quantitative estimate of drug-likeness (QED) is 0.0633. The summed E-state index contributed by atoms with van der Waals surface area (Å²) in [5.41, 5.74) is 0. The van der Waals surface area contributed by atoms with Crippen molar-refractivity contribution in [2.24, 2.45) is 0 Å². The maximum Gasteiger partial charge on any atom is 0.306 e. The predicted octanol–water partition coefficient (Wildman–Crippen LogP) is 12.1. The lowest BCUT2D eigenvalue weighted by Crippen LogP contribution is -2.18. The van der Waals surface area contributed by atoms with E-state index in [4.69, 9.17) is 9.84 Å². The minimum atomic E-state index is -0.699. The molecule has 1 atom stereocenters. The Hall–Kier alpha value is -1.06. The predicted molar refractivity (Wildman–Crippen MR) is 172 cm³/mol. The van der Waals surface area contributed by atoms with Crippen molar-refractivity contribution in [1.82, 2.24) is 0 Å². The van der Waals surface area contributed by atoms with Crippen LogP contribution in [0.25, 0.3) is 0 Å². The van der Waals surface area contributed by atoms with Crippen LogP contribution in [0.1, 0.15) is 213 Å². The highest BCUT2D eigenvalue weighted by atomic mass is 16.5. The van der Waals surface area contributed by atoms with Crippen molar-refractivity contribution in [3.05, 3.63) is 0 Å². The van der Waals surface area contributed by atoms with Crippen molar-refractivity contribution in [3.63, 3.8) is 0 Å². The normalized spacial score (nSPS) is 12.1. The second kappa shape index (κ2) is 32.5. The maximum atomic E-state index is 12.5. The van der Waals surface area contributed by atoms with Crippen molar-refractivity contribution < 1.29 is 19.4 Å². The van der Waals surface area contributed by atoms with Crippen LogP contribution in [0.3, 0.4) is 0 Å². The van der Waals surface area contributed by atoms with Crippen LogP contribution in [0.2, 0.25) is 0 Å². The van der Waals surface area contributed by atoms with Crippen molar-refractivity contribution in [1.29, 1.82) is 0 Å². The molecule has 0 aliphatic heterocycles. The van der Waals surface area contributed by atoms with Gasteiger partial charge in [0.05, 0.1) is 0 Å². The van der Waals surface area contributed by atoms with Crippen LogP contribution >= 0.6 is 0 Å². The third kappa shape index (κ3) is 31.5. The number of rotatable bonds is 33. The number of carboxylic acids is 1. The maximum absolute atomic E-state index is 12.5. The molecule has 238 valence electrons. The molecule has 0 saturated heterocycles. The average Bonchev–Trinajstić information content (AvgIpc) is 2.93. The van der Waals surface area contributed by atoms with Crippen LogP contribution in [0, 0.1) is 0 Å². The summed E-state index contributed by atoms with van der Waals surface area (Å²) in [5.74, 6) is -0.699. The summed E-state index contributed by atoms with van der Waals surface area (Å²) in [6.07, 6.45) is 37.0. The van der Waals surface area contributed by atoms with Crippen LogP contribution < -0.4 is 0 Å². The van der Waals surface area contributed by atoms with Gasteiger partial charge in [-0.2, -0.15) is 0 Å². The molecule has 0 aliphatic rings. The molecule has 0 rings (SSSR count). The molecular formula is C36H70O4. The molecule has 40 heavy (non-hydrogen) atoms. The van der Waals surface area contributed by atoms with Gasteiger partial charge in [-0.25, -0.2) is 0 Å². The first-order chi connectivity index (χ1) is 19.6. The van der Waals surface area contributed by atoms with Gasteiger partial charge < -0.3 is 9.84 Å². The second-order valence-electron chi connectivity index (χ2n) is 12.4. The van der Waals surface area contributed by atoms with Gasteiger partial charge in [-0.15, -0.1) is 0 Å². The molecule has 0 aromatic carbocycles. The van der Waals surface area contributed by atoms with Crippen molar-refractivity contribution >= 4 is 11.9 Å². The Morgan fingerprint density at radius 2 is 0.750 bits per heavy atom. The van der Waals surface area contributed by atoms with Crippen LogP contribution in [-0.2, 0) is 14.3 Å². The van der Waals surface area contributed by atoms with Gasteiger partial charge in [-0.3, -0.25) is 9.59 Å². The van der Waals surface area contributed by atoms with E-state index in [-0.39, 0.29) is 18.5 Å². The number of carbonyl (C=O) groups excluding carboxylic acids is 1. The highest BCUT2D eigenvalue weighted by Gasteiger charge is 2.14. The average molecular weight is 567 g/mol. The number of hydrogen-bond donors (Lipinski definition) is 1. The summed E-state index contributed by atoms with van der Waals surface area (Å²) >= 11 is 0. The minimum Gasteiger partial charge on any atom is -0.481 e. The highest BCUT2D eigenvalue weighted by Crippen LogP contribution is 2.19. The molecule has 0 radical (unpaired) electrons. The summed E-state index contributed by atoms with van der Waals surface area (Å²) < 4.78 is 5.93. The Balaban J connectivity index is 3.75. The number of carbonyl (C=O) groups is 2. The van der Waals surface area contributed by atoms with Gasteiger partial charge in [0.15, 0.2) is 0 Å². The summed E-state index contributed by atoms with van der Waals surface area (Å²) in [5, 5.41) is 8.75. The number of hydrogen-bond acceptors (Lipinski definition) is 3. The fourth-order valence-corrected chi connectivity index (χ4v) is 5.66. The number of ether oxygens (including phenoxy) is 1. The smallest absolute Gasteiger partial charge is 0.306 e. The van der Waals surface area contributed by atoms with Gasteiger partial charge in [-0.05, 0) is 38.5 Å². The first-order valence-electron chi connectivity index (χ1n) is 18.0. The van der Waals surface area contributed by atoms with E-state index < -0.39 is 5.97 Å². The minimum absolute atomic E-state index is 0.000903. The third-order valence-electron chi connectivity index (χ3n) is 8.33. The molecule has 0 saturated carbocycles. The molecule has 0 amide bonds. The fourth-order valence-electron chi connectivity index (χ4n) is 5.66. The van der Waals surface area contributed by atoms with Crippen LogP contribution in [0.5, 0.6) is 0 Å². The Labute approximate surface area is 250 Å².